The van der Waals surface area contributed by atoms with Gasteiger partial charge in [0.05, 0.1) is 33.0 Å². The van der Waals surface area contributed by atoms with E-state index in [1.165, 1.54) is 11.1 Å². The van der Waals surface area contributed by atoms with Crippen LogP contribution in [0.5, 0.6) is 17.2 Å². The number of allylic oxidation sites excluding steroid dienone is 4. The summed E-state index contributed by atoms with van der Waals surface area (Å²) in [5.74, 6) is 2.11. The Morgan fingerprint density at radius 3 is 2.16 bits per heavy atom. The smallest absolute Gasteiger partial charge is 0.168 e. The maximum Gasteiger partial charge on any atom is 0.168 e. The van der Waals surface area contributed by atoms with Gasteiger partial charge in [0.2, 0.25) is 0 Å². The van der Waals surface area contributed by atoms with Crippen LogP contribution < -0.4 is 14.2 Å². The summed E-state index contributed by atoms with van der Waals surface area (Å²) >= 11 is 0. The molecule has 0 bridgehead atoms. The largest absolute Gasteiger partial charge is 0.496 e. The lowest BCUT2D eigenvalue weighted by Gasteiger charge is -2.18. The van der Waals surface area contributed by atoms with Crippen molar-refractivity contribution in [1.29, 1.82) is 5.26 Å². The Morgan fingerprint density at radius 1 is 0.906 bits per heavy atom. The van der Waals surface area contributed by atoms with Gasteiger partial charge < -0.3 is 14.2 Å². The molecule has 0 aromatic heterocycles. The first-order valence-electron chi connectivity index (χ1n) is 10.7. The number of hydrogen-bond donors (Lipinski definition) is 0. The molecule has 0 fully saturated rings. The number of methoxy groups -OCH3 is 3. The molecule has 2 aromatic carbocycles. The predicted octanol–water partition coefficient (Wildman–Crippen LogP) is 6.99. The fraction of sp³-hybridized carbons (Fsp3) is 0.321. The monoisotopic (exact) mass is 431 g/mol. The molecule has 4 nitrogen and oxygen atoms in total. The van der Waals surface area contributed by atoms with Gasteiger partial charge in [-0.3, -0.25) is 0 Å². The lowest BCUT2D eigenvalue weighted by molar-refractivity contribution is 0.344. The third kappa shape index (κ3) is 6.78. The number of hydrogen-bond acceptors (Lipinski definition) is 4. The molecule has 0 saturated heterocycles. The van der Waals surface area contributed by atoms with Crippen LogP contribution in [0.1, 0.15) is 55.9 Å². The minimum Gasteiger partial charge on any atom is -0.496 e. The van der Waals surface area contributed by atoms with E-state index in [1.54, 1.807) is 33.5 Å². The van der Waals surface area contributed by atoms with Crippen LogP contribution in [0.4, 0.5) is 0 Å². The van der Waals surface area contributed by atoms with Crippen molar-refractivity contribution in [2.24, 2.45) is 0 Å². The zero-order valence-corrected chi connectivity index (χ0v) is 20.0. The summed E-state index contributed by atoms with van der Waals surface area (Å²) in [5.41, 5.74) is 6.12. The molecule has 0 aliphatic rings. The van der Waals surface area contributed by atoms with Crippen molar-refractivity contribution in [2.45, 2.75) is 40.0 Å². The van der Waals surface area contributed by atoms with Crippen molar-refractivity contribution in [2.75, 3.05) is 21.3 Å². The van der Waals surface area contributed by atoms with Gasteiger partial charge >= 0.3 is 0 Å². The van der Waals surface area contributed by atoms with E-state index >= 15 is 0 Å². The minimum absolute atomic E-state index is 0.636. The normalized spacial score (nSPS) is 11.2. The average Bonchev–Trinajstić information content (AvgIpc) is 2.80. The van der Waals surface area contributed by atoms with Crippen molar-refractivity contribution in [3.8, 4) is 23.3 Å². The predicted molar refractivity (Wildman–Crippen MR) is 132 cm³/mol. The van der Waals surface area contributed by atoms with Gasteiger partial charge in [0, 0.05) is 11.1 Å². The molecular formula is C28H33NO3. The fourth-order valence-corrected chi connectivity index (χ4v) is 3.42. The molecule has 0 spiro atoms. The van der Waals surface area contributed by atoms with Gasteiger partial charge in [-0.15, -0.1) is 0 Å². The number of rotatable bonds is 10. The maximum atomic E-state index is 8.97. The van der Waals surface area contributed by atoms with Crippen molar-refractivity contribution < 1.29 is 14.2 Å². The summed E-state index contributed by atoms with van der Waals surface area (Å²) in [6.07, 6.45) is 11.2. The molecule has 0 radical (unpaired) electrons. The Morgan fingerprint density at radius 2 is 1.59 bits per heavy atom. The van der Waals surface area contributed by atoms with E-state index in [4.69, 9.17) is 19.5 Å². The van der Waals surface area contributed by atoms with Crippen LogP contribution >= 0.6 is 0 Å². The molecular weight excluding hydrogens is 398 g/mol. The zero-order valence-electron chi connectivity index (χ0n) is 20.0. The number of ether oxygens (including phenoxy) is 3. The molecule has 0 heterocycles. The van der Waals surface area contributed by atoms with Gasteiger partial charge in [-0.05, 0) is 63.8 Å². The standard InChI is InChI=1S/C28H33NO3/c1-20(2)8-7-9-21(3)10-17-25-26(30-4)18-24(27(31-5)28(25)32-6)16-15-22-11-13-23(19-29)14-12-22/h8,10-16,18H,7,9,17H2,1-6H3. The van der Waals surface area contributed by atoms with E-state index in [9.17, 15) is 0 Å². The number of nitrogens with zero attached hydrogens (tertiary/aromatic N) is 1. The summed E-state index contributed by atoms with van der Waals surface area (Å²) in [6.45, 7) is 6.40. The maximum absolute atomic E-state index is 8.97. The molecule has 0 aliphatic carbocycles. The van der Waals surface area contributed by atoms with Crippen LogP contribution in [0.15, 0.2) is 53.6 Å². The molecule has 0 aliphatic heterocycles. The number of nitriles is 1. The average molecular weight is 432 g/mol. The van der Waals surface area contributed by atoms with Gasteiger partial charge in [0.1, 0.15) is 5.75 Å². The Kier molecular flexibility index (Phi) is 9.63. The summed E-state index contributed by atoms with van der Waals surface area (Å²) in [5, 5.41) is 8.97. The Labute approximate surface area is 192 Å². The van der Waals surface area contributed by atoms with Gasteiger partial charge in [0.25, 0.3) is 0 Å². The van der Waals surface area contributed by atoms with Crippen LogP contribution in [0.25, 0.3) is 12.2 Å². The summed E-state index contributed by atoms with van der Waals surface area (Å²) < 4.78 is 17.2. The Balaban J connectivity index is 2.37. The van der Waals surface area contributed by atoms with Crippen LogP contribution in [0, 0.1) is 11.3 Å². The molecule has 2 rings (SSSR count). The third-order valence-corrected chi connectivity index (χ3v) is 5.20. The van der Waals surface area contributed by atoms with E-state index in [1.807, 2.05) is 30.4 Å². The van der Waals surface area contributed by atoms with Crippen molar-refractivity contribution in [1.82, 2.24) is 0 Å². The van der Waals surface area contributed by atoms with Crippen molar-refractivity contribution >= 4 is 12.2 Å². The lowest BCUT2D eigenvalue weighted by Crippen LogP contribution is -2.01. The molecule has 0 amide bonds. The molecule has 4 heteroatoms. The number of benzene rings is 2. The van der Waals surface area contributed by atoms with E-state index in [0.29, 0.717) is 23.5 Å². The molecule has 32 heavy (non-hydrogen) atoms. The highest BCUT2D eigenvalue weighted by molar-refractivity contribution is 5.77. The quantitative estimate of drug-likeness (QED) is 0.300. The van der Waals surface area contributed by atoms with Gasteiger partial charge in [-0.1, -0.05) is 47.6 Å². The Bertz CT molecular complexity index is 1030. The van der Waals surface area contributed by atoms with Gasteiger partial charge in [0.15, 0.2) is 11.5 Å². The second kappa shape index (κ2) is 12.4. The van der Waals surface area contributed by atoms with Crippen molar-refractivity contribution in [3.05, 3.63) is 75.9 Å². The Hall–Kier alpha value is -3.45. The molecule has 168 valence electrons. The topological polar surface area (TPSA) is 51.5 Å². The molecule has 0 unspecified atom stereocenters. The van der Waals surface area contributed by atoms with E-state index < -0.39 is 0 Å². The first-order chi connectivity index (χ1) is 15.4. The highest BCUT2D eigenvalue weighted by atomic mass is 16.5. The van der Waals surface area contributed by atoms with Gasteiger partial charge in [-0.25, -0.2) is 0 Å². The van der Waals surface area contributed by atoms with Crippen LogP contribution in [-0.4, -0.2) is 21.3 Å². The third-order valence-electron chi connectivity index (χ3n) is 5.20. The first kappa shape index (κ1) is 24.8. The molecule has 0 saturated carbocycles. The summed E-state index contributed by atoms with van der Waals surface area (Å²) in [4.78, 5) is 0. The van der Waals surface area contributed by atoms with E-state index in [2.05, 4.69) is 39.0 Å². The van der Waals surface area contributed by atoms with Crippen LogP contribution in [0.3, 0.4) is 0 Å². The summed E-state index contributed by atoms with van der Waals surface area (Å²) in [7, 11) is 4.97. The second-order valence-electron chi connectivity index (χ2n) is 7.85. The first-order valence-corrected chi connectivity index (χ1v) is 10.7. The SMILES string of the molecule is COc1cc(C=Cc2ccc(C#N)cc2)c(OC)c(OC)c1CC=C(C)CCC=C(C)C. The van der Waals surface area contributed by atoms with E-state index in [0.717, 1.165) is 35.3 Å². The zero-order chi connectivity index (χ0) is 23.5. The van der Waals surface area contributed by atoms with E-state index in [-0.39, 0.29) is 0 Å². The highest BCUT2D eigenvalue weighted by Gasteiger charge is 2.19. The van der Waals surface area contributed by atoms with Gasteiger partial charge in [-0.2, -0.15) is 5.26 Å². The van der Waals surface area contributed by atoms with Crippen LogP contribution in [0.2, 0.25) is 0 Å². The summed E-state index contributed by atoms with van der Waals surface area (Å²) in [6, 6.07) is 11.5. The minimum atomic E-state index is 0.636. The molecule has 0 atom stereocenters. The fourth-order valence-electron chi connectivity index (χ4n) is 3.42. The molecule has 2 aromatic rings. The van der Waals surface area contributed by atoms with Crippen LogP contribution in [-0.2, 0) is 6.42 Å². The molecule has 0 N–H and O–H groups in total. The van der Waals surface area contributed by atoms with Crippen molar-refractivity contribution in [3.63, 3.8) is 0 Å². The lowest BCUT2D eigenvalue weighted by atomic mass is 10.0. The highest BCUT2D eigenvalue weighted by Crippen LogP contribution is 2.42. The second-order valence-corrected chi connectivity index (χ2v) is 7.85.